The monoisotopic (exact) mass is 310 g/mol. The molecule has 0 saturated heterocycles. The number of azo groups is 1. The van der Waals surface area contributed by atoms with E-state index in [4.69, 9.17) is 10.7 Å². The van der Waals surface area contributed by atoms with E-state index in [1.54, 1.807) is 13.1 Å². The Kier molecular flexibility index (Phi) is 2.92. The van der Waals surface area contributed by atoms with E-state index in [1.807, 2.05) is 29.2 Å². The fourth-order valence-electron chi connectivity index (χ4n) is 3.10. The summed E-state index contributed by atoms with van der Waals surface area (Å²) in [6.07, 6.45) is 0. The maximum atomic E-state index is 13.8. The fourth-order valence-corrected chi connectivity index (χ4v) is 3.10. The summed E-state index contributed by atoms with van der Waals surface area (Å²) in [6, 6.07) is 12.0. The van der Waals surface area contributed by atoms with Crippen LogP contribution in [-0.2, 0) is 5.66 Å². The first-order valence-electron chi connectivity index (χ1n) is 7.24. The number of fused-ring (bicyclic) bond motifs is 3. The second-order valence-electron chi connectivity index (χ2n) is 5.47. The van der Waals surface area contributed by atoms with Gasteiger partial charge in [-0.1, -0.05) is 18.2 Å². The van der Waals surface area contributed by atoms with Gasteiger partial charge in [-0.05, 0) is 31.3 Å². The van der Waals surface area contributed by atoms with Gasteiger partial charge in [0.05, 0.1) is 5.69 Å². The summed E-state index contributed by atoms with van der Waals surface area (Å²) in [5, 5.41) is 11.4. The molecule has 3 N–H and O–H groups in total. The van der Waals surface area contributed by atoms with Crippen molar-refractivity contribution in [2.45, 2.75) is 5.66 Å². The van der Waals surface area contributed by atoms with Crippen molar-refractivity contribution in [3.05, 3.63) is 59.4 Å². The molecular weight excluding hydrogens is 295 g/mol. The Balaban J connectivity index is 2.02. The number of guanidine groups is 1. The lowest BCUT2D eigenvalue weighted by atomic mass is 9.88. The summed E-state index contributed by atoms with van der Waals surface area (Å²) >= 11 is 0. The minimum Gasteiger partial charge on any atom is -0.399 e. The van der Waals surface area contributed by atoms with Crippen LogP contribution in [0.4, 0.5) is 15.8 Å². The zero-order valence-corrected chi connectivity index (χ0v) is 12.5. The van der Waals surface area contributed by atoms with Gasteiger partial charge in [0.25, 0.3) is 0 Å². The van der Waals surface area contributed by atoms with E-state index in [1.165, 1.54) is 12.1 Å². The van der Waals surface area contributed by atoms with Gasteiger partial charge in [0, 0.05) is 16.8 Å². The van der Waals surface area contributed by atoms with Crippen LogP contribution < -0.4 is 16.0 Å². The molecule has 23 heavy (non-hydrogen) atoms. The first kappa shape index (κ1) is 13.8. The van der Waals surface area contributed by atoms with Gasteiger partial charge in [-0.15, -0.1) is 5.11 Å². The molecule has 2 heterocycles. The van der Waals surface area contributed by atoms with Crippen molar-refractivity contribution in [1.29, 1.82) is 0 Å². The zero-order chi connectivity index (χ0) is 16.0. The van der Waals surface area contributed by atoms with Crippen molar-refractivity contribution in [3.63, 3.8) is 0 Å². The molecule has 4 rings (SSSR count). The molecule has 0 spiro atoms. The van der Waals surface area contributed by atoms with Gasteiger partial charge in [0.15, 0.2) is 5.66 Å². The number of rotatable bonds is 2. The molecule has 0 amide bonds. The fraction of sp³-hybridized carbons (Fsp3) is 0.188. The number of hydrogen-bond acceptors (Lipinski definition) is 6. The van der Waals surface area contributed by atoms with Gasteiger partial charge in [-0.25, -0.2) is 9.38 Å². The summed E-state index contributed by atoms with van der Waals surface area (Å²) < 4.78 is 13.8. The lowest BCUT2D eigenvalue weighted by Crippen LogP contribution is -2.46. The van der Waals surface area contributed by atoms with E-state index in [0.717, 1.165) is 11.3 Å². The smallest absolute Gasteiger partial charge is 0.248 e. The Morgan fingerprint density at radius 3 is 2.91 bits per heavy atom. The molecule has 6 nitrogen and oxygen atoms in total. The van der Waals surface area contributed by atoms with E-state index in [2.05, 4.69) is 15.5 Å². The average molecular weight is 310 g/mol. The van der Waals surface area contributed by atoms with Gasteiger partial charge in [-0.3, -0.25) is 10.2 Å². The van der Waals surface area contributed by atoms with Crippen molar-refractivity contribution in [3.8, 4) is 0 Å². The molecule has 0 fully saturated rings. The molecule has 1 atom stereocenters. The summed E-state index contributed by atoms with van der Waals surface area (Å²) in [4.78, 5) is 6.63. The van der Waals surface area contributed by atoms with Crippen LogP contribution in [0.15, 0.2) is 57.7 Å². The third kappa shape index (κ3) is 1.93. The lowest BCUT2D eigenvalue weighted by Gasteiger charge is -2.38. The van der Waals surface area contributed by atoms with Crippen LogP contribution in [0.2, 0.25) is 0 Å². The third-order valence-electron chi connectivity index (χ3n) is 4.18. The van der Waals surface area contributed by atoms with E-state index < -0.39 is 5.66 Å². The van der Waals surface area contributed by atoms with Crippen LogP contribution in [-0.4, -0.2) is 19.7 Å². The van der Waals surface area contributed by atoms with E-state index >= 15 is 0 Å². The van der Waals surface area contributed by atoms with Crippen LogP contribution >= 0.6 is 0 Å². The highest BCUT2D eigenvalue weighted by Gasteiger charge is 2.42. The number of hydrogen-bond donors (Lipinski definition) is 2. The Hall–Kier alpha value is -2.80. The van der Waals surface area contributed by atoms with Crippen LogP contribution in [0, 0.1) is 5.82 Å². The molecule has 2 aliphatic heterocycles. The van der Waals surface area contributed by atoms with Gasteiger partial charge >= 0.3 is 0 Å². The average Bonchev–Trinajstić information content (AvgIpc) is 3.02. The highest BCUT2D eigenvalue weighted by molar-refractivity contribution is 6.01. The molecule has 2 aromatic carbocycles. The SMILES string of the molecule is CNC1(c2cccc(F)c2)N=C2N=NCN2c2cc(N)ccc21. The highest BCUT2D eigenvalue weighted by Crippen LogP contribution is 2.43. The number of nitrogen functional groups attached to an aromatic ring is 1. The maximum Gasteiger partial charge on any atom is 0.248 e. The second-order valence-corrected chi connectivity index (χ2v) is 5.47. The Morgan fingerprint density at radius 1 is 1.26 bits per heavy atom. The lowest BCUT2D eigenvalue weighted by molar-refractivity contribution is 0.452. The predicted octanol–water partition coefficient (Wildman–Crippen LogP) is 2.43. The standard InChI is InChI=1S/C16H15FN6/c1-19-16(10-3-2-4-11(17)7-10)13-6-5-12(18)8-14(13)23-9-20-22-15(23)21-16/h2-8,19H,9,18H2,1H3. The molecule has 7 heteroatoms. The molecule has 116 valence electrons. The van der Waals surface area contributed by atoms with Crippen molar-refractivity contribution in [2.24, 2.45) is 15.2 Å². The topological polar surface area (TPSA) is 78.4 Å². The van der Waals surface area contributed by atoms with Gasteiger partial charge in [-0.2, -0.15) is 5.11 Å². The molecule has 0 aromatic heterocycles. The normalized spacial score (nSPS) is 21.8. The minimum absolute atomic E-state index is 0.315. The molecular formula is C16H15FN6. The number of benzene rings is 2. The van der Waals surface area contributed by atoms with Crippen molar-refractivity contribution in [2.75, 3.05) is 24.3 Å². The number of anilines is 2. The molecule has 1 unspecified atom stereocenters. The van der Waals surface area contributed by atoms with Crippen molar-refractivity contribution >= 4 is 17.3 Å². The molecule has 0 saturated carbocycles. The molecule has 2 aromatic rings. The van der Waals surface area contributed by atoms with E-state index in [9.17, 15) is 4.39 Å². The number of nitrogens with two attached hydrogens (primary N) is 1. The molecule has 0 aliphatic carbocycles. The predicted molar refractivity (Wildman–Crippen MR) is 86.7 cm³/mol. The molecule has 2 aliphatic rings. The quantitative estimate of drug-likeness (QED) is 0.836. The second kappa shape index (κ2) is 4.85. The highest BCUT2D eigenvalue weighted by atomic mass is 19.1. The summed E-state index contributed by atoms with van der Waals surface area (Å²) in [5.41, 5.74) is 8.11. The first-order valence-corrected chi connectivity index (χ1v) is 7.24. The van der Waals surface area contributed by atoms with Crippen molar-refractivity contribution < 1.29 is 4.39 Å². The Bertz CT molecular complexity index is 846. The van der Waals surface area contributed by atoms with E-state index in [-0.39, 0.29) is 5.82 Å². The van der Waals surface area contributed by atoms with Crippen molar-refractivity contribution in [1.82, 2.24) is 5.32 Å². The summed E-state index contributed by atoms with van der Waals surface area (Å²) in [7, 11) is 1.79. The number of halogens is 1. The molecule has 0 radical (unpaired) electrons. The van der Waals surface area contributed by atoms with Gasteiger partial charge in [0.2, 0.25) is 5.96 Å². The minimum atomic E-state index is -0.930. The van der Waals surface area contributed by atoms with Crippen LogP contribution in [0.25, 0.3) is 0 Å². The third-order valence-corrected chi connectivity index (χ3v) is 4.18. The van der Waals surface area contributed by atoms with Gasteiger partial charge in [0.1, 0.15) is 12.5 Å². The van der Waals surface area contributed by atoms with Crippen LogP contribution in [0.3, 0.4) is 0 Å². The van der Waals surface area contributed by atoms with E-state index in [0.29, 0.717) is 23.9 Å². The maximum absolute atomic E-state index is 13.8. The van der Waals surface area contributed by atoms with Gasteiger partial charge < -0.3 is 5.73 Å². The van der Waals surface area contributed by atoms with Crippen LogP contribution in [0.1, 0.15) is 11.1 Å². The molecule has 0 bridgehead atoms. The summed E-state index contributed by atoms with van der Waals surface area (Å²) in [6.45, 7) is 0.401. The number of nitrogens with one attached hydrogen (secondary N) is 1. The Morgan fingerprint density at radius 2 is 2.13 bits per heavy atom. The number of nitrogens with zero attached hydrogens (tertiary/aromatic N) is 4. The Labute approximate surface area is 132 Å². The largest absolute Gasteiger partial charge is 0.399 e. The summed E-state index contributed by atoms with van der Waals surface area (Å²) in [5.74, 6) is 0.173. The van der Waals surface area contributed by atoms with Crippen LogP contribution in [0.5, 0.6) is 0 Å². The number of aliphatic imine (C=N–C) groups is 1. The zero-order valence-electron chi connectivity index (χ0n) is 12.5. The first-order chi connectivity index (χ1) is 11.1.